The van der Waals surface area contributed by atoms with E-state index >= 15 is 0 Å². The molecule has 1 atom stereocenters. The zero-order valence-electron chi connectivity index (χ0n) is 10.2. The van der Waals surface area contributed by atoms with E-state index in [0.29, 0.717) is 4.90 Å². The smallest absolute Gasteiger partial charge is 0.175 e. The van der Waals surface area contributed by atoms with Gasteiger partial charge in [-0.25, -0.2) is 8.42 Å². The Labute approximate surface area is 97.6 Å². The number of rotatable bonds is 2. The Morgan fingerprint density at radius 2 is 1.56 bits per heavy atom. The van der Waals surface area contributed by atoms with Crippen molar-refractivity contribution in [2.24, 2.45) is 11.1 Å². The monoisotopic (exact) mass is 241 g/mol. The molecule has 1 aromatic carbocycles. The molecular weight excluding hydrogens is 222 g/mol. The predicted octanol–water partition coefficient (Wildman–Crippen LogP) is 2.14. The Hall–Kier alpha value is -0.870. The van der Waals surface area contributed by atoms with E-state index in [1.165, 1.54) is 6.26 Å². The summed E-state index contributed by atoms with van der Waals surface area (Å²) in [5.74, 6) is 0. The molecule has 0 heterocycles. The first-order valence-corrected chi connectivity index (χ1v) is 7.07. The molecule has 0 aliphatic rings. The average Bonchev–Trinajstić information content (AvgIpc) is 2.14. The topological polar surface area (TPSA) is 60.2 Å². The van der Waals surface area contributed by atoms with Crippen LogP contribution in [0.3, 0.4) is 0 Å². The van der Waals surface area contributed by atoms with Crippen molar-refractivity contribution in [2.75, 3.05) is 6.26 Å². The van der Waals surface area contributed by atoms with Gasteiger partial charge in [0.2, 0.25) is 0 Å². The number of nitrogens with two attached hydrogens (primary N) is 1. The molecule has 0 saturated heterocycles. The van der Waals surface area contributed by atoms with Gasteiger partial charge in [-0.15, -0.1) is 0 Å². The molecule has 0 fully saturated rings. The summed E-state index contributed by atoms with van der Waals surface area (Å²) in [4.78, 5) is 0.331. The molecule has 0 amide bonds. The molecule has 16 heavy (non-hydrogen) atoms. The van der Waals surface area contributed by atoms with E-state index in [9.17, 15) is 8.42 Å². The summed E-state index contributed by atoms with van der Waals surface area (Å²) in [7, 11) is -3.12. The van der Waals surface area contributed by atoms with Crippen molar-refractivity contribution in [3.63, 3.8) is 0 Å². The standard InChI is InChI=1S/C12H19NO2S/c1-12(2,3)11(13)9-5-7-10(8-6-9)16(4,14)15/h5-8,11H,13H2,1-4H3. The molecule has 1 aromatic rings. The number of hydrogen-bond acceptors (Lipinski definition) is 3. The van der Waals surface area contributed by atoms with Crippen molar-refractivity contribution in [1.29, 1.82) is 0 Å². The van der Waals surface area contributed by atoms with E-state index in [0.717, 1.165) is 5.56 Å². The van der Waals surface area contributed by atoms with Gasteiger partial charge in [0.1, 0.15) is 0 Å². The van der Waals surface area contributed by atoms with E-state index in [1.807, 2.05) is 0 Å². The van der Waals surface area contributed by atoms with Crippen molar-refractivity contribution < 1.29 is 8.42 Å². The fourth-order valence-electron chi connectivity index (χ4n) is 1.42. The van der Waals surface area contributed by atoms with E-state index in [1.54, 1.807) is 24.3 Å². The lowest BCUT2D eigenvalue weighted by Gasteiger charge is -2.27. The molecule has 2 N–H and O–H groups in total. The molecule has 0 radical (unpaired) electrons. The summed E-state index contributed by atoms with van der Waals surface area (Å²) in [6.07, 6.45) is 1.20. The molecule has 1 unspecified atom stereocenters. The summed E-state index contributed by atoms with van der Waals surface area (Å²) in [6, 6.07) is 6.69. The Kier molecular flexibility index (Phi) is 3.45. The normalized spacial score (nSPS) is 14.8. The number of hydrogen-bond donors (Lipinski definition) is 1. The fraction of sp³-hybridized carbons (Fsp3) is 0.500. The van der Waals surface area contributed by atoms with Crippen molar-refractivity contribution >= 4 is 9.84 Å². The van der Waals surface area contributed by atoms with Crippen molar-refractivity contribution in [3.05, 3.63) is 29.8 Å². The van der Waals surface area contributed by atoms with Crippen LogP contribution in [-0.4, -0.2) is 14.7 Å². The van der Waals surface area contributed by atoms with Crippen LogP contribution in [0.2, 0.25) is 0 Å². The van der Waals surface area contributed by atoms with Crippen LogP contribution in [0.15, 0.2) is 29.2 Å². The molecular formula is C12H19NO2S. The van der Waals surface area contributed by atoms with Gasteiger partial charge >= 0.3 is 0 Å². The van der Waals surface area contributed by atoms with Gasteiger partial charge in [-0.1, -0.05) is 32.9 Å². The lowest BCUT2D eigenvalue weighted by Crippen LogP contribution is -2.26. The van der Waals surface area contributed by atoms with Gasteiger partial charge in [-0.05, 0) is 23.1 Å². The Bertz CT molecular complexity index is 455. The van der Waals surface area contributed by atoms with Gasteiger partial charge < -0.3 is 5.73 Å². The minimum atomic E-state index is -3.12. The van der Waals surface area contributed by atoms with Crippen molar-refractivity contribution in [3.8, 4) is 0 Å². The summed E-state index contributed by atoms with van der Waals surface area (Å²) in [6.45, 7) is 6.17. The maximum absolute atomic E-state index is 11.3. The van der Waals surface area contributed by atoms with Crippen LogP contribution in [0, 0.1) is 5.41 Å². The molecule has 0 aliphatic heterocycles. The molecule has 90 valence electrons. The summed E-state index contributed by atoms with van der Waals surface area (Å²) < 4.78 is 22.6. The van der Waals surface area contributed by atoms with E-state index in [4.69, 9.17) is 5.73 Å². The number of sulfone groups is 1. The Morgan fingerprint density at radius 1 is 1.12 bits per heavy atom. The second-order valence-corrected chi connectivity index (χ2v) is 7.20. The summed E-state index contributed by atoms with van der Waals surface area (Å²) in [5, 5.41) is 0. The quantitative estimate of drug-likeness (QED) is 0.863. The first kappa shape index (κ1) is 13.2. The number of benzene rings is 1. The fourth-order valence-corrected chi connectivity index (χ4v) is 2.05. The van der Waals surface area contributed by atoms with Crippen LogP contribution in [0.4, 0.5) is 0 Å². The molecule has 1 rings (SSSR count). The van der Waals surface area contributed by atoms with E-state index < -0.39 is 9.84 Å². The minimum Gasteiger partial charge on any atom is -0.324 e. The minimum absolute atomic E-state index is 0.0351. The highest BCUT2D eigenvalue weighted by Crippen LogP contribution is 2.30. The van der Waals surface area contributed by atoms with E-state index in [-0.39, 0.29) is 11.5 Å². The third kappa shape index (κ3) is 3.06. The molecule has 0 saturated carbocycles. The van der Waals surface area contributed by atoms with Gasteiger partial charge in [-0.3, -0.25) is 0 Å². The second-order valence-electron chi connectivity index (χ2n) is 5.18. The molecule has 0 aliphatic carbocycles. The van der Waals surface area contributed by atoms with Gasteiger partial charge in [0.15, 0.2) is 9.84 Å². The zero-order valence-corrected chi connectivity index (χ0v) is 11.0. The highest BCUT2D eigenvalue weighted by atomic mass is 32.2. The summed E-state index contributed by atoms with van der Waals surface area (Å²) in [5.41, 5.74) is 7.00. The lowest BCUT2D eigenvalue weighted by molar-refractivity contribution is 0.327. The van der Waals surface area contributed by atoms with E-state index in [2.05, 4.69) is 20.8 Å². The van der Waals surface area contributed by atoms with Crippen LogP contribution < -0.4 is 5.73 Å². The van der Waals surface area contributed by atoms with Crippen LogP contribution >= 0.6 is 0 Å². The maximum atomic E-state index is 11.3. The highest BCUT2D eigenvalue weighted by Gasteiger charge is 2.22. The largest absolute Gasteiger partial charge is 0.324 e. The van der Waals surface area contributed by atoms with Gasteiger partial charge in [0.05, 0.1) is 4.90 Å². The van der Waals surface area contributed by atoms with Crippen LogP contribution in [0.25, 0.3) is 0 Å². The second kappa shape index (κ2) is 4.18. The Morgan fingerprint density at radius 3 is 1.88 bits per heavy atom. The van der Waals surface area contributed by atoms with Crippen molar-refractivity contribution in [1.82, 2.24) is 0 Å². The van der Waals surface area contributed by atoms with Crippen molar-refractivity contribution in [2.45, 2.75) is 31.7 Å². The lowest BCUT2D eigenvalue weighted by atomic mass is 9.83. The highest BCUT2D eigenvalue weighted by molar-refractivity contribution is 7.90. The molecule has 3 nitrogen and oxygen atoms in total. The maximum Gasteiger partial charge on any atom is 0.175 e. The van der Waals surface area contributed by atoms with Crippen LogP contribution in [0.1, 0.15) is 32.4 Å². The van der Waals surface area contributed by atoms with Gasteiger partial charge in [0, 0.05) is 12.3 Å². The van der Waals surface area contributed by atoms with Gasteiger partial charge in [0.25, 0.3) is 0 Å². The average molecular weight is 241 g/mol. The SMILES string of the molecule is CC(C)(C)C(N)c1ccc(S(C)(=O)=O)cc1. The first-order valence-electron chi connectivity index (χ1n) is 5.18. The molecule has 0 aromatic heterocycles. The first-order chi connectivity index (χ1) is 7.12. The van der Waals surface area contributed by atoms with Crippen LogP contribution in [-0.2, 0) is 9.84 Å². The third-order valence-corrected chi connectivity index (χ3v) is 3.73. The summed E-state index contributed by atoms with van der Waals surface area (Å²) >= 11 is 0. The van der Waals surface area contributed by atoms with Crippen LogP contribution in [0.5, 0.6) is 0 Å². The zero-order chi connectivity index (χ0) is 12.6. The molecule has 4 heteroatoms. The van der Waals surface area contributed by atoms with Gasteiger partial charge in [-0.2, -0.15) is 0 Å². The Balaban J connectivity index is 3.05. The predicted molar refractivity (Wildman–Crippen MR) is 65.9 cm³/mol. The molecule has 0 spiro atoms. The third-order valence-electron chi connectivity index (χ3n) is 2.60. The molecule has 0 bridgehead atoms.